The molecule has 2 heterocycles. The number of carbonyl (C=O) groups is 2. The third-order valence-corrected chi connectivity index (χ3v) is 5.03. The van der Waals surface area contributed by atoms with Gasteiger partial charge in [-0.05, 0) is 42.7 Å². The normalized spacial score (nSPS) is 19.8. The van der Waals surface area contributed by atoms with Crippen LogP contribution in [-0.4, -0.2) is 34.2 Å². The van der Waals surface area contributed by atoms with Gasteiger partial charge >= 0.3 is 0 Å². The van der Waals surface area contributed by atoms with Crippen LogP contribution >= 0.6 is 0 Å². The van der Waals surface area contributed by atoms with E-state index in [2.05, 4.69) is 0 Å². The van der Waals surface area contributed by atoms with Crippen molar-refractivity contribution in [1.82, 2.24) is 9.80 Å². The van der Waals surface area contributed by atoms with Gasteiger partial charge in [0.1, 0.15) is 11.6 Å². The first-order valence-electron chi connectivity index (χ1n) is 8.95. The summed E-state index contributed by atoms with van der Waals surface area (Å²) in [6, 6.07) is 10.1. The van der Waals surface area contributed by atoms with E-state index in [0.717, 1.165) is 24.2 Å². The molecule has 1 saturated carbocycles. The molecular weight excluding hydrogens is 335 g/mol. The summed E-state index contributed by atoms with van der Waals surface area (Å²) in [4.78, 5) is 28.9. The summed E-state index contributed by atoms with van der Waals surface area (Å²) < 4.78 is 18.4. The number of halogens is 1. The molecule has 0 spiro atoms. The Kier molecular flexibility index (Phi) is 4.49. The van der Waals surface area contributed by atoms with Gasteiger partial charge in [0.25, 0.3) is 0 Å². The molecule has 1 aromatic carbocycles. The molecule has 1 saturated heterocycles. The maximum atomic E-state index is 13.1. The van der Waals surface area contributed by atoms with Crippen molar-refractivity contribution in [3.63, 3.8) is 0 Å². The lowest BCUT2D eigenvalue weighted by molar-refractivity contribution is -0.137. The Morgan fingerprint density at radius 3 is 2.65 bits per heavy atom. The van der Waals surface area contributed by atoms with Crippen molar-refractivity contribution in [3.05, 3.63) is 59.8 Å². The molecule has 136 valence electrons. The van der Waals surface area contributed by atoms with Gasteiger partial charge in [-0.1, -0.05) is 12.1 Å². The molecule has 1 aliphatic carbocycles. The molecule has 1 aromatic heterocycles. The summed E-state index contributed by atoms with van der Waals surface area (Å²) in [5, 5.41) is 0. The van der Waals surface area contributed by atoms with E-state index in [1.54, 1.807) is 29.4 Å². The van der Waals surface area contributed by atoms with Crippen LogP contribution in [0.4, 0.5) is 4.39 Å². The number of furan rings is 1. The third-order valence-electron chi connectivity index (χ3n) is 5.03. The molecule has 2 amide bonds. The SMILES string of the molecule is O=C1C[C@H](C(=O)N(Cc2ccc(F)cc2)C2CC2)CN1Cc1ccco1. The summed E-state index contributed by atoms with van der Waals surface area (Å²) in [7, 11) is 0. The van der Waals surface area contributed by atoms with Crippen molar-refractivity contribution in [2.75, 3.05) is 6.54 Å². The Hall–Kier alpha value is -2.63. The zero-order valence-corrected chi connectivity index (χ0v) is 14.4. The first kappa shape index (κ1) is 16.8. The van der Waals surface area contributed by atoms with E-state index in [-0.39, 0.29) is 36.0 Å². The fourth-order valence-electron chi connectivity index (χ4n) is 3.48. The average molecular weight is 356 g/mol. The molecular formula is C20H21FN2O3. The summed E-state index contributed by atoms with van der Waals surface area (Å²) in [6.45, 7) is 1.29. The van der Waals surface area contributed by atoms with Crippen LogP contribution in [0.3, 0.4) is 0 Å². The fraction of sp³-hybridized carbons (Fsp3) is 0.400. The molecule has 0 radical (unpaired) electrons. The van der Waals surface area contributed by atoms with Gasteiger partial charge in [-0.2, -0.15) is 0 Å². The molecule has 2 aromatic rings. The van der Waals surface area contributed by atoms with Crippen LogP contribution in [-0.2, 0) is 22.7 Å². The topological polar surface area (TPSA) is 53.8 Å². The Morgan fingerprint density at radius 1 is 1.23 bits per heavy atom. The van der Waals surface area contributed by atoms with Gasteiger partial charge in [0.05, 0.1) is 18.7 Å². The van der Waals surface area contributed by atoms with Crippen LogP contribution < -0.4 is 0 Å². The van der Waals surface area contributed by atoms with Crippen LogP contribution in [0.1, 0.15) is 30.6 Å². The van der Waals surface area contributed by atoms with Gasteiger partial charge in [-0.25, -0.2) is 4.39 Å². The highest BCUT2D eigenvalue weighted by molar-refractivity contribution is 5.89. The summed E-state index contributed by atoms with van der Waals surface area (Å²) in [5.41, 5.74) is 0.906. The molecule has 2 aliphatic rings. The lowest BCUT2D eigenvalue weighted by atomic mass is 10.1. The van der Waals surface area contributed by atoms with Crippen molar-refractivity contribution < 1.29 is 18.4 Å². The minimum atomic E-state index is -0.321. The van der Waals surface area contributed by atoms with Gasteiger partial charge in [0.2, 0.25) is 11.8 Å². The standard InChI is InChI=1S/C20H21FN2O3/c21-16-5-3-14(4-6-16)11-23(17-7-8-17)20(25)15-10-19(24)22(12-15)13-18-2-1-9-26-18/h1-6,9,15,17H,7-8,10-13H2/t15-/m0/s1. The quantitative estimate of drug-likeness (QED) is 0.800. The molecule has 4 rings (SSSR count). The first-order valence-corrected chi connectivity index (χ1v) is 8.95. The molecule has 2 fully saturated rings. The molecule has 26 heavy (non-hydrogen) atoms. The Morgan fingerprint density at radius 2 is 2.00 bits per heavy atom. The van der Waals surface area contributed by atoms with Gasteiger partial charge in [-0.15, -0.1) is 0 Å². The van der Waals surface area contributed by atoms with Gasteiger partial charge in [0.15, 0.2) is 0 Å². The van der Waals surface area contributed by atoms with E-state index in [0.29, 0.717) is 19.6 Å². The van der Waals surface area contributed by atoms with Crippen molar-refractivity contribution >= 4 is 11.8 Å². The lowest BCUT2D eigenvalue weighted by Crippen LogP contribution is -2.38. The summed E-state index contributed by atoms with van der Waals surface area (Å²) in [5.74, 6) is 0.118. The summed E-state index contributed by atoms with van der Waals surface area (Å²) >= 11 is 0. The number of amides is 2. The average Bonchev–Trinajstić information content (AvgIpc) is 3.22. The smallest absolute Gasteiger partial charge is 0.228 e. The first-order chi connectivity index (χ1) is 12.6. The van der Waals surface area contributed by atoms with Crippen molar-refractivity contribution in [2.45, 2.75) is 38.4 Å². The molecule has 1 aliphatic heterocycles. The molecule has 1 atom stereocenters. The maximum absolute atomic E-state index is 13.1. The predicted octanol–water partition coefficient (Wildman–Crippen LogP) is 2.96. The molecule has 6 heteroatoms. The third kappa shape index (κ3) is 3.64. The second-order valence-corrected chi connectivity index (χ2v) is 7.08. The highest BCUT2D eigenvalue weighted by Crippen LogP contribution is 2.32. The highest BCUT2D eigenvalue weighted by Gasteiger charge is 2.41. The number of hydrogen-bond donors (Lipinski definition) is 0. The van der Waals surface area contributed by atoms with Crippen LogP contribution in [0.2, 0.25) is 0 Å². The Labute approximate surface area is 151 Å². The number of likely N-dealkylation sites (tertiary alicyclic amines) is 1. The van der Waals surface area contributed by atoms with Gasteiger partial charge < -0.3 is 14.2 Å². The van der Waals surface area contributed by atoms with Crippen molar-refractivity contribution in [2.24, 2.45) is 5.92 Å². The number of benzene rings is 1. The van der Waals surface area contributed by atoms with Crippen LogP contribution in [0.5, 0.6) is 0 Å². The van der Waals surface area contributed by atoms with E-state index in [1.807, 2.05) is 11.0 Å². The van der Waals surface area contributed by atoms with Crippen molar-refractivity contribution in [3.8, 4) is 0 Å². The van der Waals surface area contributed by atoms with E-state index < -0.39 is 0 Å². The number of rotatable bonds is 6. The summed E-state index contributed by atoms with van der Waals surface area (Å²) in [6.07, 6.45) is 3.80. The fourth-order valence-corrected chi connectivity index (χ4v) is 3.48. The zero-order chi connectivity index (χ0) is 18.1. The molecule has 5 nitrogen and oxygen atoms in total. The monoisotopic (exact) mass is 356 g/mol. The predicted molar refractivity (Wildman–Crippen MR) is 92.2 cm³/mol. The van der Waals surface area contributed by atoms with E-state index >= 15 is 0 Å². The highest BCUT2D eigenvalue weighted by atomic mass is 19.1. The number of nitrogens with zero attached hydrogens (tertiary/aromatic N) is 2. The molecule has 0 N–H and O–H groups in total. The molecule has 0 bridgehead atoms. The van der Waals surface area contributed by atoms with Crippen molar-refractivity contribution in [1.29, 1.82) is 0 Å². The van der Waals surface area contributed by atoms with Crippen LogP contribution in [0.25, 0.3) is 0 Å². The van der Waals surface area contributed by atoms with E-state index in [1.165, 1.54) is 12.1 Å². The lowest BCUT2D eigenvalue weighted by Gasteiger charge is -2.25. The minimum absolute atomic E-state index is 0.0164. The largest absolute Gasteiger partial charge is 0.467 e. The molecule has 0 unspecified atom stereocenters. The van der Waals surface area contributed by atoms with E-state index in [4.69, 9.17) is 4.42 Å². The zero-order valence-electron chi connectivity index (χ0n) is 14.4. The minimum Gasteiger partial charge on any atom is -0.467 e. The van der Waals surface area contributed by atoms with Crippen LogP contribution in [0.15, 0.2) is 47.1 Å². The second kappa shape index (κ2) is 6.94. The number of carbonyl (C=O) groups excluding carboxylic acids is 2. The number of hydrogen-bond acceptors (Lipinski definition) is 3. The second-order valence-electron chi connectivity index (χ2n) is 7.08. The van der Waals surface area contributed by atoms with Gasteiger partial charge in [0, 0.05) is 25.6 Å². The van der Waals surface area contributed by atoms with Crippen LogP contribution in [0, 0.1) is 11.7 Å². The Balaban J connectivity index is 1.43. The van der Waals surface area contributed by atoms with Gasteiger partial charge in [-0.3, -0.25) is 9.59 Å². The maximum Gasteiger partial charge on any atom is 0.228 e. The van der Waals surface area contributed by atoms with E-state index in [9.17, 15) is 14.0 Å². The Bertz CT molecular complexity index is 784.